The van der Waals surface area contributed by atoms with Gasteiger partial charge in [-0.15, -0.1) is 0 Å². The Morgan fingerprint density at radius 1 is 0.842 bits per heavy atom. The molecule has 1 saturated heterocycles. The number of Topliss-reactive ketones (excluding diaryl/α,β-unsaturated/α-hetero) is 1. The van der Waals surface area contributed by atoms with Gasteiger partial charge in [-0.05, 0) is 0 Å². The van der Waals surface area contributed by atoms with Crippen molar-refractivity contribution in [1.82, 2.24) is 0 Å². The maximum Gasteiger partial charge on any atom is 0.240 e. The van der Waals surface area contributed by atoms with Gasteiger partial charge < -0.3 is 4.48 Å². The predicted octanol–water partition coefficient (Wildman–Crippen LogP) is 2.81. The number of ketones is 1. The van der Waals surface area contributed by atoms with Crippen LogP contribution in [0.3, 0.4) is 0 Å². The van der Waals surface area contributed by atoms with Crippen molar-refractivity contribution in [3.63, 3.8) is 0 Å². The number of carbonyl (C=O) groups excluding carboxylic acids is 1. The second-order valence-electron chi connectivity index (χ2n) is 5.56. The molecule has 0 radical (unpaired) electrons. The molecule has 0 aliphatic carbocycles. The van der Waals surface area contributed by atoms with Crippen LogP contribution in [-0.4, -0.2) is 30.4 Å². The van der Waals surface area contributed by atoms with Gasteiger partial charge in [-0.1, -0.05) is 60.7 Å². The summed E-state index contributed by atoms with van der Waals surface area (Å²) in [5, 5.41) is 0. The molecular weight excluding hydrogens is 234 g/mol. The molecule has 0 aromatic heterocycles. The minimum atomic E-state index is 0.250. The van der Waals surface area contributed by atoms with Crippen molar-refractivity contribution in [2.24, 2.45) is 0 Å². The van der Waals surface area contributed by atoms with Crippen molar-refractivity contribution in [2.45, 2.75) is 6.04 Å². The van der Waals surface area contributed by atoms with Crippen molar-refractivity contribution in [3.05, 3.63) is 71.8 Å². The molecule has 3 rings (SSSR count). The molecule has 96 valence electrons. The number of likely N-dealkylation sites (N-methyl/N-ethyl adjacent to an activating group) is 1. The van der Waals surface area contributed by atoms with E-state index in [1.54, 1.807) is 0 Å². The van der Waals surface area contributed by atoms with Crippen LogP contribution >= 0.6 is 0 Å². The summed E-state index contributed by atoms with van der Waals surface area (Å²) in [6.45, 7) is 1.27. The number of quaternary nitrogens is 1. The van der Waals surface area contributed by atoms with Crippen molar-refractivity contribution in [2.75, 3.05) is 20.1 Å². The van der Waals surface area contributed by atoms with Crippen LogP contribution in [0, 0.1) is 0 Å². The van der Waals surface area contributed by atoms with Crippen LogP contribution in [0.2, 0.25) is 0 Å². The first kappa shape index (κ1) is 12.1. The van der Waals surface area contributed by atoms with E-state index in [2.05, 4.69) is 55.6 Å². The van der Waals surface area contributed by atoms with Gasteiger partial charge >= 0.3 is 0 Å². The number of rotatable bonds is 3. The molecule has 0 amide bonds. The summed E-state index contributed by atoms with van der Waals surface area (Å²) < 4.78 is 0.785. The molecule has 1 heterocycles. The second kappa shape index (κ2) is 4.63. The Balaban J connectivity index is 2.04. The van der Waals surface area contributed by atoms with Gasteiger partial charge in [-0.2, -0.15) is 0 Å². The van der Waals surface area contributed by atoms with Crippen LogP contribution in [0.1, 0.15) is 17.2 Å². The van der Waals surface area contributed by atoms with Crippen molar-refractivity contribution < 1.29 is 9.28 Å². The van der Waals surface area contributed by atoms with E-state index in [0.29, 0.717) is 18.9 Å². The number of carbonyl (C=O) groups is 1. The van der Waals surface area contributed by atoms with Gasteiger partial charge in [-0.25, -0.2) is 0 Å². The first-order chi connectivity index (χ1) is 9.19. The molecule has 0 unspecified atom stereocenters. The molecule has 0 spiro atoms. The van der Waals surface area contributed by atoms with E-state index in [-0.39, 0.29) is 6.04 Å². The third kappa shape index (κ3) is 2.20. The number of benzene rings is 2. The maximum absolute atomic E-state index is 11.5. The van der Waals surface area contributed by atoms with Crippen LogP contribution < -0.4 is 0 Å². The smallest absolute Gasteiger partial charge is 0.240 e. The highest BCUT2D eigenvalue weighted by Gasteiger charge is 2.46. The summed E-state index contributed by atoms with van der Waals surface area (Å²) in [7, 11) is 2.17. The quantitative estimate of drug-likeness (QED) is 0.768. The molecule has 0 saturated carbocycles. The maximum atomic E-state index is 11.5. The fraction of sp³-hybridized carbons (Fsp3) is 0.235. The molecule has 2 heteroatoms. The third-order valence-electron chi connectivity index (χ3n) is 3.93. The first-order valence-electron chi connectivity index (χ1n) is 6.65. The largest absolute Gasteiger partial charge is 0.303 e. The Kier molecular flexibility index (Phi) is 2.96. The summed E-state index contributed by atoms with van der Waals surface area (Å²) in [4.78, 5) is 11.5. The van der Waals surface area contributed by atoms with Crippen molar-refractivity contribution >= 4 is 5.78 Å². The van der Waals surface area contributed by atoms with E-state index in [1.807, 2.05) is 12.1 Å². The fourth-order valence-corrected chi connectivity index (χ4v) is 3.12. The van der Waals surface area contributed by atoms with E-state index >= 15 is 0 Å². The Hall–Kier alpha value is -1.93. The third-order valence-corrected chi connectivity index (χ3v) is 3.93. The fourth-order valence-electron chi connectivity index (χ4n) is 3.12. The summed E-state index contributed by atoms with van der Waals surface area (Å²) in [5.41, 5.74) is 2.56. The number of likely N-dealkylation sites (tertiary alicyclic amines) is 1. The van der Waals surface area contributed by atoms with E-state index in [9.17, 15) is 4.79 Å². The molecule has 0 N–H and O–H groups in total. The predicted molar refractivity (Wildman–Crippen MR) is 75.7 cm³/mol. The van der Waals surface area contributed by atoms with Crippen molar-refractivity contribution in [3.8, 4) is 0 Å². The number of hydrogen-bond acceptors (Lipinski definition) is 1. The van der Waals surface area contributed by atoms with Gasteiger partial charge in [0.2, 0.25) is 5.78 Å². The standard InChI is InChI=1S/C17H18NO/c1-18(12-16(19)13-18)17(14-8-4-2-5-9-14)15-10-6-3-7-11-15/h2-11,17H,12-13H2,1H3/q+1. The highest BCUT2D eigenvalue weighted by molar-refractivity contribution is 5.84. The summed E-state index contributed by atoms with van der Waals surface area (Å²) in [6.07, 6.45) is 0. The Morgan fingerprint density at radius 3 is 1.63 bits per heavy atom. The second-order valence-corrected chi connectivity index (χ2v) is 5.56. The Labute approximate surface area is 113 Å². The number of hydrogen-bond donors (Lipinski definition) is 0. The molecule has 2 aromatic carbocycles. The average molecular weight is 252 g/mol. The van der Waals surface area contributed by atoms with Crippen molar-refractivity contribution in [1.29, 1.82) is 0 Å². The molecular formula is C17H18NO+. The molecule has 0 atom stereocenters. The van der Waals surface area contributed by atoms with Crippen LogP contribution in [-0.2, 0) is 4.79 Å². The average Bonchev–Trinajstić information content (AvgIpc) is 2.40. The van der Waals surface area contributed by atoms with Gasteiger partial charge in [0.25, 0.3) is 0 Å². The van der Waals surface area contributed by atoms with E-state index < -0.39 is 0 Å². The topological polar surface area (TPSA) is 17.1 Å². The minimum absolute atomic E-state index is 0.250. The van der Waals surface area contributed by atoms with Crippen LogP contribution in [0.25, 0.3) is 0 Å². The molecule has 2 nitrogen and oxygen atoms in total. The van der Waals surface area contributed by atoms with E-state index in [4.69, 9.17) is 0 Å². The lowest BCUT2D eigenvalue weighted by molar-refractivity contribution is -0.940. The van der Waals surface area contributed by atoms with Crippen LogP contribution in [0.4, 0.5) is 0 Å². The Bertz CT molecular complexity index is 529. The van der Waals surface area contributed by atoms with Gasteiger partial charge in [0.15, 0.2) is 0 Å². The van der Waals surface area contributed by atoms with Gasteiger partial charge in [-0.3, -0.25) is 4.79 Å². The van der Waals surface area contributed by atoms with E-state index in [1.165, 1.54) is 11.1 Å². The normalized spacial score (nSPS) is 17.3. The summed E-state index contributed by atoms with van der Waals surface area (Å²) >= 11 is 0. The SMILES string of the molecule is C[N+]1(C(c2ccccc2)c2ccccc2)CC(=O)C1. The lowest BCUT2D eigenvalue weighted by atomic mass is 9.91. The van der Waals surface area contributed by atoms with E-state index in [0.717, 1.165) is 4.48 Å². The van der Waals surface area contributed by atoms with Gasteiger partial charge in [0, 0.05) is 11.1 Å². The van der Waals surface area contributed by atoms with Gasteiger partial charge in [0.1, 0.15) is 19.1 Å². The molecule has 2 aromatic rings. The van der Waals surface area contributed by atoms with Crippen LogP contribution in [0.15, 0.2) is 60.7 Å². The molecule has 1 fully saturated rings. The molecule has 1 aliphatic heterocycles. The Morgan fingerprint density at radius 2 is 1.26 bits per heavy atom. The summed E-state index contributed by atoms with van der Waals surface area (Å²) in [5.74, 6) is 0.361. The zero-order valence-corrected chi connectivity index (χ0v) is 11.1. The number of nitrogens with zero attached hydrogens (tertiary/aromatic N) is 1. The summed E-state index contributed by atoms with van der Waals surface area (Å²) in [6, 6.07) is 21.2. The highest BCUT2D eigenvalue weighted by Crippen LogP contribution is 2.36. The lowest BCUT2D eigenvalue weighted by Gasteiger charge is -2.46. The molecule has 1 aliphatic rings. The van der Waals surface area contributed by atoms with Gasteiger partial charge in [0.05, 0.1) is 7.05 Å². The minimum Gasteiger partial charge on any atom is -0.303 e. The highest BCUT2D eigenvalue weighted by atomic mass is 16.1. The first-order valence-corrected chi connectivity index (χ1v) is 6.65. The lowest BCUT2D eigenvalue weighted by Crippen LogP contribution is -2.63. The molecule has 0 bridgehead atoms. The molecule has 19 heavy (non-hydrogen) atoms. The monoisotopic (exact) mass is 252 g/mol. The van der Waals surface area contributed by atoms with Crippen LogP contribution in [0.5, 0.6) is 0 Å². The zero-order chi connectivity index (χ0) is 13.3. The zero-order valence-electron chi connectivity index (χ0n) is 11.1.